The van der Waals surface area contributed by atoms with Gasteiger partial charge in [0.2, 0.25) is 0 Å². The normalized spacial score (nSPS) is 10.2. The van der Waals surface area contributed by atoms with Crippen LogP contribution in [0.15, 0.2) is 12.2 Å². The molecule has 0 amide bonds. The zero-order valence-electron chi connectivity index (χ0n) is 8.57. The number of hydrogen-bond acceptors (Lipinski definition) is 0. The maximum Gasteiger partial charge on any atom is -0.0323 e. The van der Waals surface area contributed by atoms with Crippen molar-refractivity contribution in [3.63, 3.8) is 0 Å². The largest absolute Gasteiger partial charge is 0.0999 e. The minimum absolute atomic E-state index is 1.05. The summed E-state index contributed by atoms with van der Waals surface area (Å²) in [5.74, 6) is 0. The van der Waals surface area contributed by atoms with Crippen molar-refractivity contribution in [2.24, 2.45) is 0 Å². The molecule has 0 unspecified atom stereocenters. The van der Waals surface area contributed by atoms with Crippen LogP contribution in [0, 0.1) is 6.92 Å². The Hall–Kier alpha value is -0.260. The van der Waals surface area contributed by atoms with E-state index in [0.29, 0.717) is 0 Å². The Morgan fingerprint density at radius 1 is 1.00 bits per heavy atom. The number of unbranched alkanes of at least 4 members (excludes halogenated alkanes) is 4. The summed E-state index contributed by atoms with van der Waals surface area (Å²) in [6, 6.07) is 0. The highest BCUT2D eigenvalue weighted by Gasteiger charge is 1.93. The van der Waals surface area contributed by atoms with E-state index in [9.17, 15) is 0 Å². The van der Waals surface area contributed by atoms with Gasteiger partial charge in [0.15, 0.2) is 0 Å². The van der Waals surface area contributed by atoms with Crippen LogP contribution < -0.4 is 0 Å². The maximum absolute atomic E-state index is 4.06. The summed E-state index contributed by atoms with van der Waals surface area (Å²) in [5, 5.41) is 0. The molecule has 0 atom stereocenters. The van der Waals surface area contributed by atoms with Gasteiger partial charge in [-0.25, -0.2) is 0 Å². The van der Waals surface area contributed by atoms with E-state index in [2.05, 4.69) is 20.4 Å². The molecular formula is C12H23. The van der Waals surface area contributed by atoms with Crippen molar-refractivity contribution in [2.75, 3.05) is 0 Å². The van der Waals surface area contributed by atoms with E-state index in [-0.39, 0.29) is 0 Å². The number of hydrogen-bond donors (Lipinski definition) is 0. The summed E-state index contributed by atoms with van der Waals surface area (Å²) < 4.78 is 0. The summed E-state index contributed by atoms with van der Waals surface area (Å²) >= 11 is 0. The van der Waals surface area contributed by atoms with E-state index in [4.69, 9.17) is 0 Å². The van der Waals surface area contributed by atoms with Crippen molar-refractivity contribution in [2.45, 2.75) is 58.3 Å². The summed E-state index contributed by atoms with van der Waals surface area (Å²) in [4.78, 5) is 0. The predicted octanol–water partition coefficient (Wildman–Crippen LogP) is 4.52. The molecule has 0 nitrogen and oxygen atoms in total. The van der Waals surface area contributed by atoms with Crippen LogP contribution in [-0.2, 0) is 0 Å². The molecule has 0 spiro atoms. The van der Waals surface area contributed by atoms with Crippen LogP contribution in [0.4, 0.5) is 0 Å². The summed E-state index contributed by atoms with van der Waals surface area (Å²) in [6.45, 7) is 10.1. The highest BCUT2D eigenvalue weighted by atomic mass is 14.0. The monoisotopic (exact) mass is 167 g/mol. The Labute approximate surface area is 78.1 Å². The minimum Gasteiger partial charge on any atom is -0.0999 e. The Bertz CT molecular complexity index is 103. The molecule has 1 radical (unpaired) electrons. The molecule has 0 bridgehead atoms. The van der Waals surface area contributed by atoms with Crippen LogP contribution in [-0.4, -0.2) is 0 Å². The Kier molecular flexibility index (Phi) is 8.64. The van der Waals surface area contributed by atoms with Gasteiger partial charge in [-0.3, -0.25) is 0 Å². The first kappa shape index (κ1) is 11.7. The topological polar surface area (TPSA) is 0 Å². The smallest absolute Gasteiger partial charge is 0.0323 e. The van der Waals surface area contributed by atoms with Gasteiger partial charge < -0.3 is 0 Å². The second-order valence-corrected chi connectivity index (χ2v) is 3.52. The van der Waals surface area contributed by atoms with E-state index in [1.54, 1.807) is 0 Å². The SMILES string of the molecule is [CH2]CCCC(=C)CCCCCC. The highest BCUT2D eigenvalue weighted by molar-refractivity contribution is 4.93. The van der Waals surface area contributed by atoms with Gasteiger partial charge in [-0.2, -0.15) is 0 Å². The molecule has 0 aromatic heterocycles. The van der Waals surface area contributed by atoms with Gasteiger partial charge >= 0.3 is 0 Å². The van der Waals surface area contributed by atoms with Crippen LogP contribution >= 0.6 is 0 Å². The van der Waals surface area contributed by atoms with E-state index in [0.717, 1.165) is 6.42 Å². The van der Waals surface area contributed by atoms with E-state index in [1.165, 1.54) is 50.5 Å². The van der Waals surface area contributed by atoms with Gasteiger partial charge in [0.05, 0.1) is 0 Å². The molecule has 0 aromatic rings. The molecule has 0 saturated carbocycles. The van der Waals surface area contributed by atoms with Crippen LogP contribution in [0.2, 0.25) is 0 Å². The first-order chi connectivity index (χ1) is 5.81. The van der Waals surface area contributed by atoms with Crippen LogP contribution in [0.5, 0.6) is 0 Å². The third-order valence-corrected chi connectivity index (χ3v) is 2.16. The fraction of sp³-hybridized carbons (Fsp3) is 0.750. The molecule has 12 heavy (non-hydrogen) atoms. The van der Waals surface area contributed by atoms with Gasteiger partial charge in [-0.1, -0.05) is 51.7 Å². The lowest BCUT2D eigenvalue weighted by molar-refractivity contribution is 0.649. The Morgan fingerprint density at radius 2 is 1.67 bits per heavy atom. The average molecular weight is 167 g/mol. The van der Waals surface area contributed by atoms with Crippen LogP contribution in [0.25, 0.3) is 0 Å². The standard InChI is InChI=1S/C12H23/c1-4-6-8-9-11-12(3)10-7-5-2/h2-11H2,1H3. The molecular weight excluding hydrogens is 144 g/mol. The fourth-order valence-electron chi connectivity index (χ4n) is 1.30. The molecule has 0 aliphatic rings. The molecule has 71 valence electrons. The lowest BCUT2D eigenvalue weighted by Crippen LogP contribution is -1.83. The van der Waals surface area contributed by atoms with Crippen molar-refractivity contribution < 1.29 is 0 Å². The Morgan fingerprint density at radius 3 is 2.25 bits per heavy atom. The predicted molar refractivity (Wildman–Crippen MR) is 57.1 cm³/mol. The quantitative estimate of drug-likeness (QED) is 0.368. The highest BCUT2D eigenvalue weighted by Crippen LogP contribution is 2.13. The molecule has 0 heterocycles. The first-order valence-corrected chi connectivity index (χ1v) is 5.27. The zero-order chi connectivity index (χ0) is 9.23. The van der Waals surface area contributed by atoms with Crippen LogP contribution in [0.3, 0.4) is 0 Å². The van der Waals surface area contributed by atoms with Gasteiger partial charge in [-0.05, 0) is 25.7 Å². The van der Waals surface area contributed by atoms with Gasteiger partial charge in [-0.15, -0.1) is 0 Å². The second kappa shape index (κ2) is 8.83. The van der Waals surface area contributed by atoms with E-state index in [1.807, 2.05) is 0 Å². The van der Waals surface area contributed by atoms with Gasteiger partial charge in [0, 0.05) is 0 Å². The first-order valence-electron chi connectivity index (χ1n) is 5.27. The van der Waals surface area contributed by atoms with Crippen LogP contribution in [0.1, 0.15) is 58.3 Å². The second-order valence-electron chi connectivity index (χ2n) is 3.52. The third-order valence-electron chi connectivity index (χ3n) is 2.16. The molecule has 0 aliphatic heterocycles. The van der Waals surface area contributed by atoms with Crippen molar-refractivity contribution in [3.05, 3.63) is 19.1 Å². The molecule has 0 fully saturated rings. The van der Waals surface area contributed by atoms with E-state index < -0.39 is 0 Å². The van der Waals surface area contributed by atoms with Crippen molar-refractivity contribution in [3.8, 4) is 0 Å². The van der Waals surface area contributed by atoms with Crippen molar-refractivity contribution >= 4 is 0 Å². The summed E-state index contributed by atoms with van der Waals surface area (Å²) in [7, 11) is 0. The summed E-state index contributed by atoms with van der Waals surface area (Å²) in [6.07, 6.45) is 10.1. The maximum atomic E-state index is 4.06. The molecule has 0 aromatic carbocycles. The molecule has 0 saturated heterocycles. The lowest BCUT2D eigenvalue weighted by atomic mass is 10.0. The molecule has 0 rings (SSSR count). The molecule has 0 aliphatic carbocycles. The number of allylic oxidation sites excluding steroid dienone is 1. The lowest BCUT2D eigenvalue weighted by Gasteiger charge is -2.03. The van der Waals surface area contributed by atoms with Gasteiger partial charge in [0.25, 0.3) is 0 Å². The van der Waals surface area contributed by atoms with Crippen molar-refractivity contribution in [1.82, 2.24) is 0 Å². The van der Waals surface area contributed by atoms with Crippen molar-refractivity contribution in [1.29, 1.82) is 0 Å². The molecule has 0 heteroatoms. The van der Waals surface area contributed by atoms with E-state index >= 15 is 0 Å². The summed E-state index contributed by atoms with van der Waals surface area (Å²) in [5.41, 5.74) is 1.43. The third kappa shape index (κ3) is 7.84. The Balaban J connectivity index is 3.08. The zero-order valence-corrected chi connectivity index (χ0v) is 8.57. The van der Waals surface area contributed by atoms with Gasteiger partial charge in [0.1, 0.15) is 0 Å². The fourth-order valence-corrected chi connectivity index (χ4v) is 1.30. The average Bonchev–Trinajstić information content (AvgIpc) is 2.09. The molecule has 0 N–H and O–H groups in total. The minimum atomic E-state index is 1.05. The number of rotatable bonds is 8.